The van der Waals surface area contributed by atoms with Crippen molar-refractivity contribution in [2.24, 2.45) is 0 Å². The van der Waals surface area contributed by atoms with Gasteiger partial charge < -0.3 is 0 Å². The van der Waals surface area contributed by atoms with E-state index >= 15 is 0 Å². The molecule has 1 radical (unpaired) electrons. The van der Waals surface area contributed by atoms with Crippen LogP contribution < -0.4 is 0 Å². The number of hydrogen-bond acceptors (Lipinski definition) is 1. The van der Waals surface area contributed by atoms with Gasteiger partial charge in [-0.05, 0) is 18.4 Å². The Kier molecular flexibility index (Phi) is 1.98. The second-order valence-electron chi connectivity index (χ2n) is 1.43. The minimum Gasteiger partial charge on any atom is -0.129 e. The van der Waals surface area contributed by atoms with Crippen molar-refractivity contribution >= 4 is 11.8 Å². The van der Waals surface area contributed by atoms with Crippen LogP contribution in [0.2, 0.25) is 0 Å². The molecule has 0 unspecified atom stereocenters. The van der Waals surface area contributed by atoms with Gasteiger partial charge in [-0.3, -0.25) is 0 Å². The van der Waals surface area contributed by atoms with Crippen molar-refractivity contribution in [3.05, 3.63) is 30.3 Å². The van der Waals surface area contributed by atoms with Gasteiger partial charge >= 0.3 is 0 Å². The Bertz CT molecular complexity index is 146. The van der Waals surface area contributed by atoms with Gasteiger partial charge in [-0.2, -0.15) is 0 Å². The summed E-state index contributed by atoms with van der Waals surface area (Å²) in [5, 5.41) is 0. The van der Waals surface area contributed by atoms with Crippen LogP contribution in [-0.4, -0.2) is 6.26 Å². The highest BCUT2D eigenvalue weighted by Gasteiger charge is 1.81. The van der Waals surface area contributed by atoms with Crippen molar-refractivity contribution < 1.29 is 0 Å². The second-order valence-corrected chi connectivity index (χ2v) is 2.28. The summed E-state index contributed by atoms with van der Waals surface area (Å²) in [5.41, 5.74) is 0. The van der Waals surface area contributed by atoms with Gasteiger partial charge in [-0.15, -0.1) is 11.8 Å². The Hall–Kier alpha value is -0.430. The summed E-state index contributed by atoms with van der Waals surface area (Å²) in [6.45, 7) is 0. The molecule has 0 saturated heterocycles. The van der Waals surface area contributed by atoms with Crippen molar-refractivity contribution in [2.75, 3.05) is 6.26 Å². The fourth-order valence-electron chi connectivity index (χ4n) is 0.504. The summed E-state index contributed by atoms with van der Waals surface area (Å²) in [7, 11) is 0. The molecule has 0 nitrogen and oxygen atoms in total. The van der Waals surface area contributed by atoms with E-state index in [0.29, 0.717) is 0 Å². The minimum atomic E-state index is 1.20. The first-order chi connectivity index (χ1) is 3.93. The van der Waals surface area contributed by atoms with E-state index in [0.717, 1.165) is 0 Å². The van der Waals surface area contributed by atoms with E-state index < -0.39 is 0 Å². The van der Waals surface area contributed by atoms with Gasteiger partial charge in [0.05, 0.1) is 0 Å². The van der Waals surface area contributed by atoms with E-state index in [2.05, 4.69) is 6.07 Å². The molecule has 0 aliphatic heterocycles. The molecule has 1 aromatic carbocycles. The standard InChI is InChI=1S/C7H7S/c1-8-7-5-3-2-4-6-7/h2-5H,1H3. The van der Waals surface area contributed by atoms with Crippen LogP contribution in [0.4, 0.5) is 0 Å². The lowest BCUT2D eigenvalue weighted by atomic mass is 10.4. The maximum absolute atomic E-state index is 3.08. The highest BCUT2D eigenvalue weighted by Crippen LogP contribution is 2.10. The van der Waals surface area contributed by atoms with Crippen LogP contribution in [-0.2, 0) is 0 Å². The van der Waals surface area contributed by atoms with Crippen LogP contribution in [0.3, 0.4) is 0 Å². The maximum atomic E-state index is 3.08. The molecule has 0 saturated carbocycles. The van der Waals surface area contributed by atoms with Gasteiger partial charge in [0, 0.05) is 4.90 Å². The summed E-state index contributed by atoms with van der Waals surface area (Å²) in [6.07, 6.45) is 2.05. The quantitative estimate of drug-likeness (QED) is 0.516. The van der Waals surface area contributed by atoms with Crippen LogP contribution in [0.25, 0.3) is 0 Å². The summed E-state index contributed by atoms with van der Waals surface area (Å²) in [4.78, 5) is 1.20. The highest BCUT2D eigenvalue weighted by molar-refractivity contribution is 7.98. The third kappa shape index (κ3) is 1.27. The van der Waals surface area contributed by atoms with Gasteiger partial charge in [0.15, 0.2) is 0 Å². The second kappa shape index (κ2) is 2.78. The van der Waals surface area contributed by atoms with Crippen LogP contribution in [0.1, 0.15) is 0 Å². The molecule has 0 aromatic heterocycles. The fraction of sp³-hybridized carbons (Fsp3) is 0.143. The van der Waals surface area contributed by atoms with Gasteiger partial charge in [0.2, 0.25) is 0 Å². The average Bonchev–Trinajstić information content (AvgIpc) is 1.90. The minimum absolute atomic E-state index is 1.20. The molecule has 1 aromatic rings. The molecule has 0 spiro atoms. The molecule has 0 aliphatic rings. The Morgan fingerprint density at radius 1 is 1.50 bits per heavy atom. The molecule has 0 bridgehead atoms. The third-order valence-corrected chi connectivity index (χ3v) is 1.59. The van der Waals surface area contributed by atoms with E-state index in [4.69, 9.17) is 0 Å². The lowest BCUT2D eigenvalue weighted by Crippen LogP contribution is -1.63. The number of hydrogen-bond donors (Lipinski definition) is 0. The van der Waals surface area contributed by atoms with Crippen LogP contribution in [0.15, 0.2) is 29.2 Å². The average molecular weight is 123 g/mol. The number of rotatable bonds is 1. The molecule has 1 rings (SSSR count). The lowest BCUT2D eigenvalue weighted by molar-refractivity contribution is 1.45. The van der Waals surface area contributed by atoms with Crippen LogP contribution in [0, 0.1) is 6.07 Å². The number of thioether (sulfide) groups is 1. The zero-order valence-corrected chi connectivity index (χ0v) is 5.53. The predicted octanol–water partition coefficient (Wildman–Crippen LogP) is 2.21. The van der Waals surface area contributed by atoms with E-state index in [-0.39, 0.29) is 0 Å². The normalized spacial score (nSPS) is 9.12. The Balaban J connectivity index is 2.83. The van der Waals surface area contributed by atoms with Crippen molar-refractivity contribution in [1.82, 2.24) is 0 Å². The molecule has 0 atom stereocenters. The monoisotopic (exact) mass is 123 g/mol. The molecule has 8 heavy (non-hydrogen) atoms. The zero-order valence-electron chi connectivity index (χ0n) is 4.72. The van der Waals surface area contributed by atoms with E-state index in [9.17, 15) is 0 Å². The number of benzene rings is 1. The van der Waals surface area contributed by atoms with Crippen LogP contribution in [0.5, 0.6) is 0 Å². The Labute approximate surface area is 53.9 Å². The maximum Gasteiger partial charge on any atom is 0.0148 e. The summed E-state index contributed by atoms with van der Waals surface area (Å²) < 4.78 is 0. The molecule has 1 heteroatoms. The topological polar surface area (TPSA) is 0 Å². The van der Waals surface area contributed by atoms with Crippen molar-refractivity contribution in [1.29, 1.82) is 0 Å². The van der Waals surface area contributed by atoms with Crippen molar-refractivity contribution in [3.63, 3.8) is 0 Å². The van der Waals surface area contributed by atoms with Crippen LogP contribution >= 0.6 is 11.8 Å². The molecular formula is C7H7S. The SMILES string of the molecule is CSc1[c]cccc1. The summed E-state index contributed by atoms with van der Waals surface area (Å²) in [6, 6.07) is 11.0. The summed E-state index contributed by atoms with van der Waals surface area (Å²) in [5.74, 6) is 0. The van der Waals surface area contributed by atoms with Gasteiger partial charge in [-0.25, -0.2) is 0 Å². The summed E-state index contributed by atoms with van der Waals surface area (Å²) >= 11 is 1.71. The molecule has 41 valence electrons. The first kappa shape index (κ1) is 5.70. The Morgan fingerprint density at radius 3 is 2.75 bits per heavy atom. The molecule has 0 fully saturated rings. The van der Waals surface area contributed by atoms with Crippen molar-refractivity contribution in [2.45, 2.75) is 4.90 Å². The molecule has 0 N–H and O–H groups in total. The molecule has 0 heterocycles. The van der Waals surface area contributed by atoms with Gasteiger partial charge in [0.25, 0.3) is 0 Å². The Morgan fingerprint density at radius 2 is 2.38 bits per heavy atom. The molecular weight excluding hydrogens is 116 g/mol. The van der Waals surface area contributed by atoms with E-state index in [1.165, 1.54) is 4.90 Å². The first-order valence-electron chi connectivity index (χ1n) is 2.44. The third-order valence-electron chi connectivity index (χ3n) is 0.900. The van der Waals surface area contributed by atoms with Gasteiger partial charge in [0.1, 0.15) is 0 Å². The van der Waals surface area contributed by atoms with Crippen molar-refractivity contribution in [3.8, 4) is 0 Å². The zero-order chi connectivity index (χ0) is 5.82. The first-order valence-corrected chi connectivity index (χ1v) is 3.66. The largest absolute Gasteiger partial charge is 0.129 e. The molecule has 0 aliphatic carbocycles. The molecule has 0 amide bonds. The fourth-order valence-corrected chi connectivity index (χ4v) is 0.904. The highest BCUT2D eigenvalue weighted by atomic mass is 32.2. The smallest absolute Gasteiger partial charge is 0.0148 e. The predicted molar refractivity (Wildman–Crippen MR) is 37.1 cm³/mol. The van der Waals surface area contributed by atoms with Gasteiger partial charge in [-0.1, -0.05) is 18.2 Å². The van der Waals surface area contributed by atoms with E-state index in [1.54, 1.807) is 11.8 Å². The van der Waals surface area contributed by atoms with E-state index in [1.807, 2.05) is 30.5 Å². The lowest BCUT2D eigenvalue weighted by Gasteiger charge is -1.88.